The summed E-state index contributed by atoms with van der Waals surface area (Å²) in [6, 6.07) is 6.41. The number of rotatable bonds is 3. The summed E-state index contributed by atoms with van der Waals surface area (Å²) in [5, 5.41) is 3.42. The minimum atomic E-state index is 0.244. The number of amides is 1. The lowest BCUT2D eigenvalue weighted by Gasteiger charge is -2.27. The summed E-state index contributed by atoms with van der Waals surface area (Å²) < 4.78 is 0. The quantitative estimate of drug-likeness (QED) is 0.826. The molecule has 1 aliphatic heterocycles. The summed E-state index contributed by atoms with van der Waals surface area (Å²) in [6.07, 6.45) is 5.67. The number of benzene rings is 1. The Bertz CT molecular complexity index is 494. The summed E-state index contributed by atoms with van der Waals surface area (Å²) in [4.78, 5) is 14.2. The number of nitrogens with one attached hydrogen (secondary N) is 1. The lowest BCUT2D eigenvalue weighted by molar-refractivity contribution is -0.131. The number of fused-ring (bicyclic) bond motifs is 1. The second-order valence-electron chi connectivity index (χ2n) is 5.87. The van der Waals surface area contributed by atoms with Gasteiger partial charge in [-0.1, -0.05) is 6.07 Å². The monoisotopic (exact) mass is 273 g/mol. The molecule has 0 aromatic heterocycles. The zero-order valence-corrected chi connectivity index (χ0v) is 11.9. The van der Waals surface area contributed by atoms with Crippen molar-refractivity contribution in [2.75, 3.05) is 25.4 Å². The fraction of sp³-hybridized carbons (Fsp3) is 0.562. The van der Waals surface area contributed by atoms with E-state index in [1.54, 1.807) is 0 Å². The maximum atomic E-state index is 12.2. The van der Waals surface area contributed by atoms with Crippen LogP contribution in [0.1, 0.15) is 42.9 Å². The molecule has 0 spiro atoms. The minimum absolute atomic E-state index is 0.244. The number of hydrogen-bond donors (Lipinski definition) is 2. The summed E-state index contributed by atoms with van der Waals surface area (Å²) in [7, 11) is 0. The van der Waals surface area contributed by atoms with Crippen LogP contribution in [-0.4, -0.2) is 30.4 Å². The van der Waals surface area contributed by atoms with Crippen LogP contribution in [-0.2, 0) is 11.2 Å². The van der Waals surface area contributed by atoms with Crippen molar-refractivity contribution >= 4 is 11.6 Å². The summed E-state index contributed by atoms with van der Waals surface area (Å²) in [6.45, 7) is 2.31. The van der Waals surface area contributed by atoms with Crippen molar-refractivity contribution in [3.05, 3.63) is 29.3 Å². The number of likely N-dealkylation sites (tertiary alicyclic amines) is 1. The van der Waals surface area contributed by atoms with Crippen LogP contribution in [0.15, 0.2) is 18.2 Å². The molecule has 0 bridgehead atoms. The van der Waals surface area contributed by atoms with Gasteiger partial charge < -0.3 is 16.0 Å². The number of carbonyl (C=O) groups is 1. The molecular weight excluding hydrogens is 250 g/mol. The van der Waals surface area contributed by atoms with Gasteiger partial charge in [0.2, 0.25) is 5.91 Å². The highest BCUT2D eigenvalue weighted by atomic mass is 16.2. The van der Waals surface area contributed by atoms with Crippen LogP contribution < -0.4 is 11.1 Å². The van der Waals surface area contributed by atoms with Crippen LogP contribution in [0.2, 0.25) is 0 Å². The molecule has 1 saturated heterocycles. The largest absolute Gasteiger partial charge is 0.399 e. The zero-order chi connectivity index (χ0) is 13.9. The van der Waals surface area contributed by atoms with Gasteiger partial charge in [-0.25, -0.2) is 0 Å². The molecule has 4 heteroatoms. The summed E-state index contributed by atoms with van der Waals surface area (Å²) >= 11 is 0. The molecule has 3 N–H and O–H groups in total. The molecule has 1 heterocycles. The van der Waals surface area contributed by atoms with E-state index in [0.717, 1.165) is 44.5 Å². The van der Waals surface area contributed by atoms with Gasteiger partial charge >= 0.3 is 0 Å². The molecule has 0 saturated carbocycles. The Hall–Kier alpha value is -1.55. The Morgan fingerprint density at radius 3 is 2.90 bits per heavy atom. The number of hydrogen-bond acceptors (Lipinski definition) is 3. The zero-order valence-electron chi connectivity index (χ0n) is 11.9. The van der Waals surface area contributed by atoms with Crippen molar-refractivity contribution < 1.29 is 4.79 Å². The number of aryl methyl sites for hydroxylation is 1. The van der Waals surface area contributed by atoms with Gasteiger partial charge in [0.1, 0.15) is 0 Å². The number of nitrogens with zero attached hydrogens (tertiary/aromatic N) is 1. The molecule has 1 amide bonds. The molecule has 1 unspecified atom stereocenters. The third-order valence-electron chi connectivity index (χ3n) is 4.45. The van der Waals surface area contributed by atoms with Gasteiger partial charge in [-0.15, -0.1) is 0 Å². The van der Waals surface area contributed by atoms with Gasteiger partial charge in [-0.05, 0) is 55.4 Å². The van der Waals surface area contributed by atoms with E-state index < -0.39 is 0 Å². The fourth-order valence-corrected chi connectivity index (χ4v) is 3.32. The first-order valence-corrected chi connectivity index (χ1v) is 7.63. The standard InChI is InChI=1S/C16H23N3O/c17-13-5-6-14-12(10-13)4-7-15(14)18-11-16(20)19-8-2-1-3-9-19/h5-6,10,15,18H,1-4,7-9,11,17H2. The van der Waals surface area contributed by atoms with Crippen molar-refractivity contribution in [3.8, 4) is 0 Å². The second kappa shape index (κ2) is 5.83. The Labute approximate surface area is 120 Å². The van der Waals surface area contributed by atoms with Crippen molar-refractivity contribution in [2.45, 2.75) is 38.1 Å². The number of piperidine rings is 1. The second-order valence-corrected chi connectivity index (χ2v) is 5.87. The van der Waals surface area contributed by atoms with Crippen LogP contribution in [0.25, 0.3) is 0 Å². The molecule has 1 aliphatic carbocycles. The predicted molar refractivity (Wildman–Crippen MR) is 80.4 cm³/mol. The SMILES string of the molecule is Nc1ccc2c(c1)CCC2NCC(=O)N1CCCCC1. The van der Waals surface area contributed by atoms with Gasteiger partial charge in [-0.3, -0.25) is 4.79 Å². The Balaban J connectivity index is 1.56. The molecule has 1 fully saturated rings. The van der Waals surface area contributed by atoms with Gasteiger partial charge in [0.05, 0.1) is 6.54 Å². The van der Waals surface area contributed by atoms with Crippen molar-refractivity contribution in [1.82, 2.24) is 10.2 Å². The Morgan fingerprint density at radius 2 is 2.10 bits per heavy atom. The van der Waals surface area contributed by atoms with E-state index in [9.17, 15) is 4.79 Å². The van der Waals surface area contributed by atoms with Crippen LogP contribution in [0.3, 0.4) is 0 Å². The minimum Gasteiger partial charge on any atom is -0.399 e. The highest BCUT2D eigenvalue weighted by Crippen LogP contribution is 2.32. The van der Waals surface area contributed by atoms with Gasteiger partial charge in [-0.2, -0.15) is 0 Å². The number of carbonyl (C=O) groups excluding carboxylic acids is 1. The maximum absolute atomic E-state index is 12.2. The van der Waals surface area contributed by atoms with E-state index in [1.165, 1.54) is 17.5 Å². The molecular formula is C16H23N3O. The third-order valence-corrected chi connectivity index (χ3v) is 4.45. The molecule has 4 nitrogen and oxygen atoms in total. The average molecular weight is 273 g/mol. The van der Waals surface area contributed by atoms with Gasteiger partial charge in [0.15, 0.2) is 0 Å². The molecule has 2 aliphatic rings. The Morgan fingerprint density at radius 1 is 1.30 bits per heavy atom. The predicted octanol–water partition coefficient (Wildman–Crippen LogP) is 1.86. The van der Waals surface area contributed by atoms with E-state index in [4.69, 9.17) is 5.73 Å². The average Bonchev–Trinajstić information content (AvgIpc) is 2.88. The van der Waals surface area contributed by atoms with Gasteiger partial charge in [0, 0.05) is 24.8 Å². The molecule has 1 aromatic carbocycles. The molecule has 108 valence electrons. The number of nitrogens with two attached hydrogens (primary N) is 1. The normalized spacial score (nSPS) is 21.8. The fourth-order valence-electron chi connectivity index (χ4n) is 3.32. The van der Waals surface area contributed by atoms with Crippen molar-refractivity contribution in [1.29, 1.82) is 0 Å². The molecule has 3 rings (SSSR count). The van der Waals surface area contributed by atoms with E-state index in [2.05, 4.69) is 17.4 Å². The van der Waals surface area contributed by atoms with E-state index >= 15 is 0 Å². The van der Waals surface area contributed by atoms with Crippen LogP contribution in [0.4, 0.5) is 5.69 Å². The summed E-state index contributed by atoms with van der Waals surface area (Å²) in [5.74, 6) is 0.244. The maximum Gasteiger partial charge on any atom is 0.236 e. The lowest BCUT2D eigenvalue weighted by Crippen LogP contribution is -2.41. The highest BCUT2D eigenvalue weighted by molar-refractivity contribution is 5.78. The Kier molecular flexibility index (Phi) is 3.92. The summed E-state index contributed by atoms with van der Waals surface area (Å²) in [5.41, 5.74) is 9.28. The lowest BCUT2D eigenvalue weighted by atomic mass is 10.1. The number of anilines is 1. The van der Waals surface area contributed by atoms with E-state index in [1.807, 2.05) is 11.0 Å². The van der Waals surface area contributed by atoms with Crippen molar-refractivity contribution in [3.63, 3.8) is 0 Å². The van der Waals surface area contributed by atoms with Crippen LogP contribution in [0, 0.1) is 0 Å². The molecule has 20 heavy (non-hydrogen) atoms. The highest BCUT2D eigenvalue weighted by Gasteiger charge is 2.24. The van der Waals surface area contributed by atoms with Crippen LogP contribution in [0.5, 0.6) is 0 Å². The molecule has 0 radical (unpaired) electrons. The third kappa shape index (κ3) is 2.80. The smallest absolute Gasteiger partial charge is 0.236 e. The van der Waals surface area contributed by atoms with E-state index in [0.29, 0.717) is 12.6 Å². The van der Waals surface area contributed by atoms with E-state index in [-0.39, 0.29) is 5.91 Å². The first-order valence-electron chi connectivity index (χ1n) is 7.63. The first kappa shape index (κ1) is 13.4. The van der Waals surface area contributed by atoms with Gasteiger partial charge in [0.25, 0.3) is 0 Å². The molecule has 1 aromatic rings. The van der Waals surface area contributed by atoms with Crippen molar-refractivity contribution in [2.24, 2.45) is 0 Å². The molecule has 1 atom stereocenters. The first-order chi connectivity index (χ1) is 9.74. The number of nitrogen functional groups attached to an aromatic ring is 1. The van der Waals surface area contributed by atoms with Crippen LogP contribution >= 0.6 is 0 Å². The topological polar surface area (TPSA) is 58.4 Å².